The molecule has 5 rings (SSSR count). The van der Waals surface area contributed by atoms with Gasteiger partial charge in [0.15, 0.2) is 5.69 Å². The van der Waals surface area contributed by atoms with Gasteiger partial charge in [-0.05, 0) is 31.4 Å². The summed E-state index contributed by atoms with van der Waals surface area (Å²) in [5, 5.41) is 4.74. The van der Waals surface area contributed by atoms with E-state index in [1.807, 2.05) is 20.5 Å². The Balaban J connectivity index is 1.25. The molecule has 2 amide bonds. The van der Waals surface area contributed by atoms with Gasteiger partial charge < -0.3 is 14.7 Å². The molecule has 2 fully saturated rings. The lowest BCUT2D eigenvalue weighted by atomic mass is 10.00. The van der Waals surface area contributed by atoms with E-state index in [1.165, 1.54) is 31.4 Å². The van der Waals surface area contributed by atoms with E-state index in [0.717, 1.165) is 56.2 Å². The third-order valence-electron chi connectivity index (χ3n) is 7.92. The van der Waals surface area contributed by atoms with Gasteiger partial charge in [-0.1, -0.05) is 43.9 Å². The Kier molecular flexibility index (Phi) is 6.88. The van der Waals surface area contributed by atoms with Gasteiger partial charge in [-0.3, -0.25) is 14.3 Å². The molecule has 0 spiro atoms. The van der Waals surface area contributed by atoms with E-state index in [0.29, 0.717) is 31.7 Å². The molecule has 2 aromatic rings. The van der Waals surface area contributed by atoms with Gasteiger partial charge in [0, 0.05) is 75.6 Å². The van der Waals surface area contributed by atoms with Gasteiger partial charge in [0.2, 0.25) is 5.91 Å². The Labute approximate surface area is 202 Å². The molecule has 3 aliphatic rings. The number of nitrogens with zero attached hydrogens (tertiary/aromatic N) is 5. The van der Waals surface area contributed by atoms with Crippen molar-refractivity contribution in [2.75, 3.05) is 37.6 Å². The van der Waals surface area contributed by atoms with Gasteiger partial charge in [0.25, 0.3) is 5.91 Å². The first kappa shape index (κ1) is 22.9. The molecule has 34 heavy (non-hydrogen) atoms. The molecule has 182 valence electrons. The van der Waals surface area contributed by atoms with Crippen LogP contribution in [-0.4, -0.2) is 64.1 Å². The standard InChI is InChI=1S/C27H37N5O2/c1-2-32-24-14-15-31(25(33)13-12-21-8-6-7-9-21)20-23(24)26(28-32)27(34)30-18-16-29(17-19-30)22-10-4-3-5-11-22/h3-5,10-11,21H,2,6-9,12-20H2,1H3. The van der Waals surface area contributed by atoms with Crippen LogP contribution in [0.5, 0.6) is 0 Å². The van der Waals surface area contributed by atoms with Crippen LogP contribution in [-0.2, 0) is 24.3 Å². The third-order valence-corrected chi connectivity index (χ3v) is 7.92. The predicted octanol–water partition coefficient (Wildman–Crippen LogP) is 3.72. The number of carbonyl (C=O) groups is 2. The molecule has 0 atom stereocenters. The van der Waals surface area contributed by atoms with Gasteiger partial charge in [0.1, 0.15) is 0 Å². The fourth-order valence-electron chi connectivity index (χ4n) is 5.88. The first-order valence-corrected chi connectivity index (χ1v) is 13.1. The zero-order valence-corrected chi connectivity index (χ0v) is 20.4. The zero-order chi connectivity index (χ0) is 23.5. The maximum Gasteiger partial charge on any atom is 0.274 e. The zero-order valence-electron chi connectivity index (χ0n) is 20.4. The minimum atomic E-state index is 0.0106. The highest BCUT2D eigenvalue weighted by Gasteiger charge is 2.33. The van der Waals surface area contributed by atoms with Crippen molar-refractivity contribution in [3.05, 3.63) is 47.3 Å². The number of para-hydroxylation sites is 1. The highest BCUT2D eigenvalue weighted by molar-refractivity contribution is 5.94. The van der Waals surface area contributed by atoms with Crippen molar-refractivity contribution in [2.45, 2.75) is 65.0 Å². The Morgan fingerprint density at radius 2 is 1.71 bits per heavy atom. The number of hydrogen-bond acceptors (Lipinski definition) is 4. The van der Waals surface area contributed by atoms with Crippen molar-refractivity contribution >= 4 is 17.5 Å². The smallest absolute Gasteiger partial charge is 0.274 e. The number of piperazine rings is 1. The minimum Gasteiger partial charge on any atom is -0.368 e. The van der Waals surface area contributed by atoms with E-state index in [9.17, 15) is 9.59 Å². The minimum absolute atomic E-state index is 0.0106. The Hall–Kier alpha value is -2.83. The van der Waals surface area contributed by atoms with E-state index in [4.69, 9.17) is 5.10 Å². The quantitative estimate of drug-likeness (QED) is 0.655. The molecule has 3 heterocycles. The number of rotatable bonds is 6. The van der Waals surface area contributed by atoms with Crippen LogP contribution >= 0.6 is 0 Å². The van der Waals surface area contributed by atoms with Crippen molar-refractivity contribution < 1.29 is 9.59 Å². The first-order chi connectivity index (χ1) is 16.6. The van der Waals surface area contributed by atoms with Crippen LogP contribution in [0, 0.1) is 5.92 Å². The molecule has 1 saturated carbocycles. The molecule has 7 heteroatoms. The number of amides is 2. The van der Waals surface area contributed by atoms with Gasteiger partial charge in [-0.15, -0.1) is 0 Å². The fraction of sp³-hybridized carbons (Fsp3) is 0.593. The summed E-state index contributed by atoms with van der Waals surface area (Å²) in [6, 6.07) is 10.4. The van der Waals surface area contributed by atoms with Crippen LogP contribution in [0.15, 0.2) is 30.3 Å². The van der Waals surface area contributed by atoms with Gasteiger partial charge in [-0.25, -0.2) is 0 Å². The molecule has 7 nitrogen and oxygen atoms in total. The van der Waals surface area contributed by atoms with Crippen LogP contribution in [0.3, 0.4) is 0 Å². The molecule has 1 aromatic heterocycles. The second-order valence-electron chi connectivity index (χ2n) is 9.96. The van der Waals surface area contributed by atoms with E-state index >= 15 is 0 Å². The third kappa shape index (κ3) is 4.70. The van der Waals surface area contributed by atoms with Crippen LogP contribution < -0.4 is 4.90 Å². The number of fused-ring (bicyclic) bond motifs is 1. The van der Waals surface area contributed by atoms with E-state index in [1.54, 1.807) is 0 Å². The Bertz CT molecular complexity index is 1000. The number of aromatic nitrogens is 2. The average Bonchev–Trinajstić information content (AvgIpc) is 3.55. The van der Waals surface area contributed by atoms with Crippen LogP contribution in [0.2, 0.25) is 0 Å². The molecule has 0 N–H and O–H groups in total. The summed E-state index contributed by atoms with van der Waals surface area (Å²) in [7, 11) is 0. The highest BCUT2D eigenvalue weighted by atomic mass is 16.2. The molecular formula is C27H37N5O2. The van der Waals surface area contributed by atoms with Gasteiger partial charge >= 0.3 is 0 Å². The number of anilines is 1. The van der Waals surface area contributed by atoms with Crippen molar-refractivity contribution in [1.82, 2.24) is 19.6 Å². The normalized spacial score (nSPS) is 18.9. The summed E-state index contributed by atoms with van der Waals surface area (Å²) in [5.74, 6) is 0.965. The summed E-state index contributed by atoms with van der Waals surface area (Å²) < 4.78 is 1.98. The van der Waals surface area contributed by atoms with Gasteiger partial charge in [-0.2, -0.15) is 5.10 Å². The molecule has 1 aromatic carbocycles. The lowest BCUT2D eigenvalue weighted by molar-refractivity contribution is -0.132. The summed E-state index contributed by atoms with van der Waals surface area (Å²) in [4.78, 5) is 32.8. The van der Waals surface area contributed by atoms with E-state index in [2.05, 4.69) is 36.1 Å². The SMILES string of the molecule is CCn1nc(C(=O)N2CCN(c3ccccc3)CC2)c2c1CCN(C(=O)CCC1CCCC1)C2. The van der Waals surface area contributed by atoms with Crippen molar-refractivity contribution in [3.63, 3.8) is 0 Å². The number of benzene rings is 1. The summed E-state index contributed by atoms with van der Waals surface area (Å²) in [6.07, 6.45) is 7.59. The van der Waals surface area contributed by atoms with E-state index in [-0.39, 0.29) is 11.8 Å². The molecule has 1 aliphatic carbocycles. The number of carbonyl (C=O) groups excluding carboxylic acids is 2. The molecule has 0 radical (unpaired) electrons. The van der Waals surface area contributed by atoms with Crippen LogP contribution in [0.1, 0.15) is 67.2 Å². The average molecular weight is 464 g/mol. The lowest BCUT2D eigenvalue weighted by Crippen LogP contribution is -2.49. The largest absolute Gasteiger partial charge is 0.368 e. The Morgan fingerprint density at radius 3 is 2.41 bits per heavy atom. The fourth-order valence-corrected chi connectivity index (χ4v) is 5.88. The maximum absolute atomic E-state index is 13.5. The van der Waals surface area contributed by atoms with Crippen molar-refractivity contribution in [3.8, 4) is 0 Å². The van der Waals surface area contributed by atoms with Gasteiger partial charge in [0.05, 0.1) is 0 Å². The molecule has 0 bridgehead atoms. The molecule has 1 saturated heterocycles. The monoisotopic (exact) mass is 463 g/mol. The number of hydrogen-bond donors (Lipinski definition) is 0. The second-order valence-corrected chi connectivity index (χ2v) is 9.96. The summed E-state index contributed by atoms with van der Waals surface area (Å²) >= 11 is 0. The van der Waals surface area contributed by atoms with Crippen molar-refractivity contribution in [2.24, 2.45) is 5.92 Å². The lowest BCUT2D eigenvalue weighted by Gasteiger charge is -2.36. The van der Waals surface area contributed by atoms with Crippen LogP contribution in [0.25, 0.3) is 0 Å². The molecule has 0 unspecified atom stereocenters. The summed E-state index contributed by atoms with van der Waals surface area (Å²) in [6.45, 7) is 7.06. The number of aryl methyl sites for hydroxylation is 1. The summed E-state index contributed by atoms with van der Waals surface area (Å²) in [5.41, 5.74) is 3.86. The maximum atomic E-state index is 13.5. The second kappa shape index (κ2) is 10.2. The topological polar surface area (TPSA) is 61.7 Å². The van der Waals surface area contributed by atoms with Crippen molar-refractivity contribution in [1.29, 1.82) is 0 Å². The molecule has 2 aliphatic heterocycles. The first-order valence-electron chi connectivity index (χ1n) is 13.1. The molecular weight excluding hydrogens is 426 g/mol. The van der Waals surface area contributed by atoms with E-state index < -0.39 is 0 Å². The Morgan fingerprint density at radius 1 is 0.971 bits per heavy atom. The predicted molar refractivity (Wildman–Crippen MR) is 133 cm³/mol. The van der Waals surface area contributed by atoms with Crippen LogP contribution in [0.4, 0.5) is 5.69 Å². The highest BCUT2D eigenvalue weighted by Crippen LogP contribution is 2.30.